The van der Waals surface area contributed by atoms with Crippen molar-refractivity contribution in [2.75, 3.05) is 13.2 Å². The zero-order chi connectivity index (χ0) is 27.3. The predicted octanol–water partition coefficient (Wildman–Crippen LogP) is 4.83. The Morgan fingerprint density at radius 1 is 1.00 bits per heavy atom. The lowest BCUT2D eigenvalue weighted by Gasteiger charge is -2.34. The first kappa shape index (κ1) is 30.6. The lowest BCUT2D eigenvalue weighted by Crippen LogP contribution is -2.55. The molecule has 9 heteroatoms. The largest absolute Gasteiger partial charge is 0.460 e. The number of ether oxygens (including phenoxy) is 4. The highest BCUT2D eigenvalue weighted by atomic mass is 16.7. The maximum absolute atomic E-state index is 13.2. The molecular formula is C28H44N2O7. The van der Waals surface area contributed by atoms with E-state index in [4.69, 9.17) is 18.9 Å². The second-order valence-electron chi connectivity index (χ2n) is 10.3. The number of carbonyl (C=O) groups excluding carboxylic acids is 3. The Morgan fingerprint density at radius 2 is 1.62 bits per heavy atom. The van der Waals surface area contributed by atoms with Crippen molar-refractivity contribution in [1.82, 2.24) is 10.6 Å². The minimum atomic E-state index is -1.47. The smallest absolute Gasteiger partial charge is 0.407 e. The molecule has 0 saturated heterocycles. The average Bonchev–Trinajstić information content (AvgIpc) is 3.36. The predicted molar refractivity (Wildman–Crippen MR) is 139 cm³/mol. The van der Waals surface area contributed by atoms with Crippen LogP contribution in [0.25, 0.3) is 0 Å². The number of alkyl carbamates (subject to hydrolysis) is 1. The summed E-state index contributed by atoms with van der Waals surface area (Å²) >= 11 is 0. The van der Waals surface area contributed by atoms with Crippen LogP contribution >= 0.6 is 0 Å². The van der Waals surface area contributed by atoms with Crippen LogP contribution in [0.3, 0.4) is 0 Å². The molecule has 0 radical (unpaired) electrons. The van der Waals surface area contributed by atoms with E-state index in [-0.39, 0.29) is 50.9 Å². The average molecular weight is 521 g/mol. The molecule has 1 unspecified atom stereocenters. The minimum Gasteiger partial charge on any atom is -0.460 e. The summed E-state index contributed by atoms with van der Waals surface area (Å²) < 4.78 is 22.4. The first-order valence-corrected chi connectivity index (χ1v) is 13.3. The monoisotopic (exact) mass is 520 g/mol. The van der Waals surface area contributed by atoms with Crippen LogP contribution in [0.15, 0.2) is 30.3 Å². The van der Waals surface area contributed by atoms with E-state index in [9.17, 15) is 14.4 Å². The van der Waals surface area contributed by atoms with E-state index in [2.05, 4.69) is 10.6 Å². The van der Waals surface area contributed by atoms with Crippen molar-refractivity contribution in [3.8, 4) is 0 Å². The van der Waals surface area contributed by atoms with Crippen molar-refractivity contribution in [2.24, 2.45) is 5.92 Å². The molecule has 1 aromatic rings. The van der Waals surface area contributed by atoms with Crippen molar-refractivity contribution in [3.63, 3.8) is 0 Å². The van der Waals surface area contributed by atoms with Crippen LogP contribution in [0.2, 0.25) is 0 Å². The fourth-order valence-corrected chi connectivity index (χ4v) is 4.52. The molecule has 0 aromatic heterocycles. The zero-order valence-electron chi connectivity index (χ0n) is 23.0. The number of rotatable bonds is 14. The first-order chi connectivity index (χ1) is 17.6. The Labute approximate surface area is 220 Å². The zero-order valence-corrected chi connectivity index (χ0v) is 23.0. The van der Waals surface area contributed by atoms with Gasteiger partial charge in [-0.2, -0.15) is 0 Å². The molecule has 1 aliphatic carbocycles. The van der Waals surface area contributed by atoms with Crippen molar-refractivity contribution in [3.05, 3.63) is 35.9 Å². The van der Waals surface area contributed by atoms with Gasteiger partial charge >= 0.3 is 12.1 Å². The highest BCUT2D eigenvalue weighted by Crippen LogP contribution is 2.29. The molecule has 1 fully saturated rings. The van der Waals surface area contributed by atoms with Crippen LogP contribution < -0.4 is 10.6 Å². The normalized spacial score (nSPS) is 15.2. The van der Waals surface area contributed by atoms with Crippen LogP contribution in [0, 0.1) is 5.92 Å². The molecule has 9 nitrogen and oxygen atoms in total. The van der Waals surface area contributed by atoms with E-state index in [0.29, 0.717) is 0 Å². The highest BCUT2D eigenvalue weighted by Gasteiger charge is 2.37. The molecule has 0 aliphatic heterocycles. The van der Waals surface area contributed by atoms with Crippen molar-refractivity contribution in [1.29, 1.82) is 0 Å². The molecule has 0 bridgehead atoms. The van der Waals surface area contributed by atoms with E-state index >= 15 is 0 Å². The van der Waals surface area contributed by atoms with E-state index in [1.807, 2.05) is 30.3 Å². The summed E-state index contributed by atoms with van der Waals surface area (Å²) in [6, 6.07) is 9.04. The van der Waals surface area contributed by atoms with Crippen LogP contribution in [-0.2, 0) is 35.1 Å². The van der Waals surface area contributed by atoms with Crippen LogP contribution in [0.1, 0.15) is 85.1 Å². The fraction of sp³-hybridized carbons (Fsp3) is 0.679. The van der Waals surface area contributed by atoms with E-state index in [0.717, 1.165) is 31.2 Å². The summed E-state index contributed by atoms with van der Waals surface area (Å²) in [6.45, 7) is 9.66. The number of amides is 2. The summed E-state index contributed by atoms with van der Waals surface area (Å²) in [4.78, 5) is 38.1. The van der Waals surface area contributed by atoms with Gasteiger partial charge in [0.1, 0.15) is 12.2 Å². The third kappa shape index (κ3) is 11.5. The van der Waals surface area contributed by atoms with Gasteiger partial charge in [0.25, 0.3) is 5.91 Å². The molecule has 0 heterocycles. The number of esters is 1. The Kier molecular flexibility index (Phi) is 12.3. The summed E-state index contributed by atoms with van der Waals surface area (Å²) in [5.74, 6) is -2.04. The second-order valence-corrected chi connectivity index (χ2v) is 10.3. The van der Waals surface area contributed by atoms with Crippen LogP contribution in [0.4, 0.5) is 4.79 Å². The summed E-state index contributed by atoms with van der Waals surface area (Å²) in [7, 11) is 0. The van der Waals surface area contributed by atoms with Gasteiger partial charge in [0.15, 0.2) is 0 Å². The third-order valence-corrected chi connectivity index (χ3v) is 6.05. The van der Waals surface area contributed by atoms with Crippen molar-refractivity contribution in [2.45, 2.75) is 104 Å². The van der Waals surface area contributed by atoms with Gasteiger partial charge < -0.3 is 29.6 Å². The molecule has 2 N–H and O–H groups in total. The fourth-order valence-electron chi connectivity index (χ4n) is 4.52. The van der Waals surface area contributed by atoms with Gasteiger partial charge in [0.05, 0.1) is 6.42 Å². The van der Waals surface area contributed by atoms with Gasteiger partial charge in [-0.3, -0.25) is 9.59 Å². The number of hydrogen-bond donors (Lipinski definition) is 2. The summed E-state index contributed by atoms with van der Waals surface area (Å²) in [6.07, 6.45) is 3.56. The lowest BCUT2D eigenvalue weighted by atomic mass is 9.95. The molecule has 37 heavy (non-hydrogen) atoms. The maximum atomic E-state index is 13.2. The standard InChI is InChI=1S/C28H44N2O7/c1-6-35-28(36-7-2,18-17-25(32)37-27(3,4)5)30-24(31)19-23(22-15-11-12-16-22)29-26(33)34-20-21-13-9-8-10-14-21/h8-10,13-14,22-23H,6-7,11-12,15-20H2,1-5H3,(H,29,33)(H,30,31). The van der Waals surface area contributed by atoms with Gasteiger partial charge in [0.2, 0.25) is 5.91 Å². The molecule has 208 valence electrons. The van der Waals surface area contributed by atoms with E-state index < -0.39 is 29.6 Å². The molecule has 2 amide bonds. The van der Waals surface area contributed by atoms with Crippen molar-refractivity contribution < 1.29 is 33.3 Å². The maximum Gasteiger partial charge on any atom is 0.407 e. The van der Waals surface area contributed by atoms with Gasteiger partial charge in [-0.05, 0) is 58.9 Å². The SMILES string of the molecule is CCOC(CCC(=O)OC(C)(C)C)(NC(=O)CC(NC(=O)OCc1ccccc1)C1CCCC1)OCC. The summed E-state index contributed by atoms with van der Waals surface area (Å²) in [5.41, 5.74) is 0.270. The molecule has 1 aromatic carbocycles. The second kappa shape index (κ2) is 14.9. The quantitative estimate of drug-likeness (QED) is 0.267. The van der Waals surface area contributed by atoms with Crippen molar-refractivity contribution >= 4 is 18.0 Å². The minimum absolute atomic E-state index is 0.00760. The number of carbonyl (C=O) groups is 3. The number of nitrogens with one attached hydrogen (secondary N) is 2. The molecular weight excluding hydrogens is 476 g/mol. The lowest BCUT2D eigenvalue weighted by molar-refractivity contribution is -0.255. The molecule has 2 rings (SSSR count). The molecule has 1 atom stereocenters. The van der Waals surface area contributed by atoms with E-state index in [1.165, 1.54) is 0 Å². The highest BCUT2D eigenvalue weighted by molar-refractivity contribution is 5.78. The molecule has 1 aliphatic rings. The van der Waals surface area contributed by atoms with Gasteiger partial charge in [-0.25, -0.2) is 4.79 Å². The third-order valence-electron chi connectivity index (χ3n) is 6.05. The Morgan fingerprint density at radius 3 is 2.19 bits per heavy atom. The van der Waals surface area contributed by atoms with Crippen LogP contribution in [-0.4, -0.2) is 48.7 Å². The Hall–Kier alpha value is -2.65. The molecule has 0 spiro atoms. The Balaban J connectivity index is 2.03. The molecule has 1 saturated carbocycles. The number of benzene rings is 1. The first-order valence-electron chi connectivity index (χ1n) is 13.3. The van der Waals surface area contributed by atoms with E-state index in [1.54, 1.807) is 34.6 Å². The topological polar surface area (TPSA) is 112 Å². The van der Waals surface area contributed by atoms with Gasteiger partial charge in [0, 0.05) is 32.1 Å². The summed E-state index contributed by atoms with van der Waals surface area (Å²) in [5, 5.41) is 5.76. The number of hydrogen-bond acceptors (Lipinski definition) is 7. The van der Waals surface area contributed by atoms with Gasteiger partial charge in [-0.15, -0.1) is 0 Å². The van der Waals surface area contributed by atoms with Crippen LogP contribution in [0.5, 0.6) is 0 Å². The Bertz CT molecular complexity index is 842. The van der Waals surface area contributed by atoms with Gasteiger partial charge in [-0.1, -0.05) is 43.2 Å².